The third-order valence-electron chi connectivity index (χ3n) is 0. The molecule has 0 saturated heterocycles. The molecule has 0 amide bonds. The van der Waals surface area contributed by atoms with Crippen molar-refractivity contribution < 1.29 is 65.0 Å². The average Bonchev–Trinajstić information content (AvgIpc) is 0.722. The van der Waals surface area contributed by atoms with Gasteiger partial charge in [0.25, 0.3) is 0 Å². The second-order valence-electron chi connectivity index (χ2n) is 0.415. The molecule has 0 aromatic carbocycles. The van der Waals surface area contributed by atoms with Gasteiger partial charge in [0.05, 0.1) is 0 Å². The van der Waals surface area contributed by atoms with E-state index in [1.807, 2.05) is 0 Å². The van der Waals surface area contributed by atoms with E-state index in [4.69, 9.17) is 16.0 Å². The maximum atomic E-state index is 8.80. The molecule has 0 aliphatic heterocycles. The molecule has 0 aromatic rings. The fourth-order valence-electron chi connectivity index (χ4n) is 0. The zero-order valence-corrected chi connectivity index (χ0v) is 7.47. The molecule has 0 unspecified atom stereocenters. The van der Waals surface area contributed by atoms with Crippen LogP contribution in [0.25, 0.3) is 0 Å². The second kappa shape index (κ2) is 6.61. The summed E-state index contributed by atoms with van der Waals surface area (Å²) in [5.74, 6) is 0. The molecule has 0 aliphatic rings. The number of hydrogen-bond donors (Lipinski definition) is 2. The van der Waals surface area contributed by atoms with Crippen LogP contribution in [0.3, 0.4) is 0 Å². The monoisotopic (exact) mass is 302 g/mol. The Bertz CT molecular complexity index is 94.9. The van der Waals surface area contributed by atoms with Gasteiger partial charge in [-0.15, -0.1) is 0 Å². The first-order chi connectivity index (χ1) is 2.00. The minimum absolute atomic E-state index is 0. The topological polar surface area (TPSA) is 74.6 Å². The summed E-state index contributed by atoms with van der Waals surface area (Å²) < 4.78 is 31.8. The molecule has 7 heteroatoms. The molecule has 40 valence electrons. The molecule has 2 N–H and O–H groups in total. The summed E-state index contributed by atoms with van der Waals surface area (Å²) in [7, 11) is 0. The van der Waals surface area contributed by atoms with E-state index in [0.29, 0.717) is 0 Å². The first kappa shape index (κ1) is 16.2. The van der Waals surface area contributed by atoms with Crippen molar-refractivity contribution in [1.82, 2.24) is 0 Å². The maximum absolute atomic E-state index is 8.80. The van der Waals surface area contributed by atoms with Crippen LogP contribution in [0.1, 0.15) is 0 Å². The third-order valence-corrected chi connectivity index (χ3v) is 0. The average molecular weight is 302 g/mol. The second-order valence-corrected chi connectivity index (χ2v) is 1.71. The Labute approximate surface area is 101 Å². The van der Waals surface area contributed by atoms with Crippen LogP contribution in [0.5, 0.6) is 0 Å². The zero-order chi connectivity index (χ0) is 4.50. The molecule has 0 spiro atoms. The van der Waals surface area contributed by atoms with Crippen LogP contribution in [-0.2, 0) is 21.0 Å². The number of hydrogen-bond acceptors (Lipinski definition) is 2. The summed E-state index contributed by atoms with van der Waals surface area (Å²) in [5, 5.41) is 0. The van der Waals surface area contributed by atoms with Gasteiger partial charge in [-0.1, -0.05) is 0 Å². The van der Waals surface area contributed by atoms with Gasteiger partial charge >= 0.3 is 67.2 Å². The molecule has 0 atom stereocenters. The SMILES string of the molecule is [CaH2].[La].[O]=[Mn](=[O])([OH])[OH]. The van der Waals surface area contributed by atoms with Crippen LogP contribution in [0.4, 0.5) is 0 Å². The van der Waals surface area contributed by atoms with E-state index in [2.05, 4.69) is 0 Å². The van der Waals surface area contributed by atoms with Crippen molar-refractivity contribution in [3.63, 3.8) is 0 Å². The Balaban J connectivity index is -0.0000000800. The Morgan fingerprint density at radius 2 is 1.14 bits per heavy atom. The zero-order valence-electron chi connectivity index (χ0n) is 2.67. The molecule has 0 fully saturated rings. The Kier molecular flexibility index (Phi) is 15.3. The van der Waals surface area contributed by atoms with Crippen molar-refractivity contribution in [3.8, 4) is 0 Å². The summed E-state index contributed by atoms with van der Waals surface area (Å²) in [6.07, 6.45) is 0. The summed E-state index contributed by atoms with van der Waals surface area (Å²) in [6.45, 7) is 0. The quantitative estimate of drug-likeness (QED) is 0.495. The molecule has 0 bridgehead atoms. The first-order valence-electron chi connectivity index (χ1n) is 0.647. The summed E-state index contributed by atoms with van der Waals surface area (Å²) in [4.78, 5) is 0. The van der Waals surface area contributed by atoms with Gasteiger partial charge in [0.15, 0.2) is 0 Å². The molecule has 1 radical (unpaired) electrons. The Morgan fingerprint density at radius 1 is 1.14 bits per heavy atom. The first-order valence-corrected chi connectivity index (χ1v) is 2.67. The van der Waals surface area contributed by atoms with Crippen LogP contribution < -0.4 is 0 Å². The standard InChI is InChI=1S/Ca.La.Mn.2H2O.2O.2H/h;;;2*1H2;;;;/q;;+2;;;;;;/p-2. The summed E-state index contributed by atoms with van der Waals surface area (Å²) in [6, 6.07) is 0. The molecule has 0 heterocycles. The molecule has 0 aromatic heterocycles. The molecular formula is H4CaLaMnO4. The fraction of sp³-hybridized carbons (Fsp3) is 0. The van der Waals surface area contributed by atoms with Gasteiger partial charge < -0.3 is 0 Å². The van der Waals surface area contributed by atoms with Crippen molar-refractivity contribution in [2.24, 2.45) is 0 Å². The van der Waals surface area contributed by atoms with Crippen molar-refractivity contribution in [1.29, 1.82) is 0 Å². The predicted octanol–water partition coefficient (Wildman–Crippen LogP) is -2.27. The predicted molar refractivity (Wildman–Crippen MR) is 14.4 cm³/mol. The molecule has 4 nitrogen and oxygen atoms in total. The van der Waals surface area contributed by atoms with Crippen molar-refractivity contribution in [2.45, 2.75) is 0 Å². The molecule has 0 aliphatic carbocycles. The van der Waals surface area contributed by atoms with E-state index in [1.54, 1.807) is 0 Å². The Hall–Kier alpha value is 2.49. The van der Waals surface area contributed by atoms with E-state index in [0.717, 1.165) is 0 Å². The van der Waals surface area contributed by atoms with Crippen molar-refractivity contribution >= 4 is 37.7 Å². The van der Waals surface area contributed by atoms with Crippen LogP contribution in [0, 0.1) is 35.6 Å². The molecule has 0 rings (SSSR count). The Morgan fingerprint density at radius 3 is 1.14 bits per heavy atom. The van der Waals surface area contributed by atoms with E-state index in [9.17, 15) is 0 Å². The van der Waals surface area contributed by atoms with Gasteiger partial charge in [0, 0.05) is 35.6 Å². The molecular weight excluding hydrogens is 298 g/mol. The van der Waals surface area contributed by atoms with Gasteiger partial charge in [-0.25, -0.2) is 0 Å². The summed E-state index contributed by atoms with van der Waals surface area (Å²) in [5.41, 5.74) is 0. The van der Waals surface area contributed by atoms with Gasteiger partial charge in [-0.05, 0) is 0 Å². The third kappa shape index (κ3) is 57.6. The van der Waals surface area contributed by atoms with Gasteiger partial charge in [0.1, 0.15) is 0 Å². The number of rotatable bonds is 0. The van der Waals surface area contributed by atoms with E-state index in [-0.39, 0.29) is 73.3 Å². The molecule has 7 heavy (non-hydrogen) atoms. The van der Waals surface area contributed by atoms with Gasteiger partial charge in [0.2, 0.25) is 0 Å². The van der Waals surface area contributed by atoms with Crippen LogP contribution >= 0.6 is 0 Å². The van der Waals surface area contributed by atoms with Crippen LogP contribution in [0.2, 0.25) is 0 Å². The van der Waals surface area contributed by atoms with Crippen LogP contribution in [-0.4, -0.2) is 46.1 Å². The van der Waals surface area contributed by atoms with Gasteiger partial charge in [-0.3, -0.25) is 0 Å². The van der Waals surface area contributed by atoms with Crippen LogP contribution in [0.15, 0.2) is 0 Å². The van der Waals surface area contributed by atoms with E-state index in [1.165, 1.54) is 0 Å². The normalized spacial score (nSPS) is 8.29. The van der Waals surface area contributed by atoms with Crippen molar-refractivity contribution in [2.75, 3.05) is 0 Å². The summed E-state index contributed by atoms with van der Waals surface area (Å²) >= 11 is -5.12. The fourth-order valence-corrected chi connectivity index (χ4v) is 0. The van der Waals surface area contributed by atoms with E-state index >= 15 is 0 Å². The van der Waals surface area contributed by atoms with E-state index < -0.39 is 13.4 Å². The van der Waals surface area contributed by atoms with Gasteiger partial charge in [-0.2, -0.15) is 0 Å². The van der Waals surface area contributed by atoms with Crippen molar-refractivity contribution in [3.05, 3.63) is 0 Å². The molecule has 0 saturated carbocycles. The minimum atomic E-state index is -5.12.